The maximum Gasteiger partial charge on any atom is 0.266 e. The lowest BCUT2D eigenvalue weighted by Crippen LogP contribution is -2.33. The fourth-order valence-electron chi connectivity index (χ4n) is 2.59. The molecule has 3 rings (SSSR count). The van der Waals surface area contributed by atoms with Crippen LogP contribution in [0.15, 0.2) is 54.7 Å². The molecule has 134 valence electrons. The van der Waals surface area contributed by atoms with Crippen molar-refractivity contribution in [3.05, 3.63) is 70.9 Å². The minimum atomic E-state index is -0.0249. The second kappa shape index (κ2) is 8.69. The first kappa shape index (κ1) is 18.2. The van der Waals surface area contributed by atoms with Gasteiger partial charge in [0, 0.05) is 26.4 Å². The zero-order valence-corrected chi connectivity index (χ0v) is 15.7. The van der Waals surface area contributed by atoms with Gasteiger partial charge in [-0.3, -0.25) is 9.78 Å². The second-order valence-electron chi connectivity index (χ2n) is 5.85. The van der Waals surface area contributed by atoms with Gasteiger partial charge in [0.15, 0.2) is 0 Å². The van der Waals surface area contributed by atoms with E-state index in [1.54, 1.807) is 13.3 Å². The molecule has 3 aromatic rings. The van der Waals surface area contributed by atoms with E-state index in [0.29, 0.717) is 24.6 Å². The van der Waals surface area contributed by atoms with Crippen LogP contribution in [0.4, 0.5) is 0 Å². The van der Waals surface area contributed by atoms with E-state index in [2.05, 4.69) is 9.97 Å². The van der Waals surface area contributed by atoms with Crippen LogP contribution >= 0.6 is 11.3 Å². The first-order valence-electron chi connectivity index (χ1n) is 8.40. The predicted molar refractivity (Wildman–Crippen MR) is 103 cm³/mol. The molecule has 2 heterocycles. The Balaban J connectivity index is 1.85. The summed E-state index contributed by atoms with van der Waals surface area (Å²) in [6, 6.07) is 15.6. The predicted octanol–water partition coefficient (Wildman–Crippen LogP) is 3.80. The number of carbonyl (C=O) groups excluding carboxylic acids is 1. The normalized spacial score (nSPS) is 10.7. The summed E-state index contributed by atoms with van der Waals surface area (Å²) in [7, 11) is 1.64. The van der Waals surface area contributed by atoms with Gasteiger partial charge in [-0.05, 0) is 24.6 Å². The molecule has 6 heteroatoms. The molecule has 1 aromatic carbocycles. The SMILES string of the molecule is COCCN(Cc1ccccc1)C(=O)c1sc(-c2ccccn2)nc1C. The smallest absolute Gasteiger partial charge is 0.266 e. The van der Waals surface area contributed by atoms with E-state index in [4.69, 9.17) is 4.74 Å². The Morgan fingerprint density at radius 3 is 2.62 bits per heavy atom. The molecule has 26 heavy (non-hydrogen) atoms. The summed E-state index contributed by atoms with van der Waals surface area (Å²) in [5, 5.41) is 0.762. The van der Waals surface area contributed by atoms with E-state index in [-0.39, 0.29) is 5.91 Å². The molecule has 0 bridgehead atoms. The Hall–Kier alpha value is -2.57. The number of methoxy groups -OCH3 is 1. The number of hydrogen-bond acceptors (Lipinski definition) is 5. The number of aryl methyl sites for hydroxylation is 1. The number of carbonyl (C=O) groups is 1. The molecule has 0 aliphatic heterocycles. The molecule has 0 unspecified atom stereocenters. The van der Waals surface area contributed by atoms with E-state index in [1.165, 1.54) is 11.3 Å². The number of aromatic nitrogens is 2. The number of amides is 1. The van der Waals surface area contributed by atoms with Crippen LogP contribution in [0.2, 0.25) is 0 Å². The van der Waals surface area contributed by atoms with Crippen LogP contribution in [-0.2, 0) is 11.3 Å². The van der Waals surface area contributed by atoms with Crippen LogP contribution in [0, 0.1) is 6.92 Å². The Bertz CT molecular complexity index is 850. The summed E-state index contributed by atoms with van der Waals surface area (Å²) in [6.45, 7) is 3.43. The van der Waals surface area contributed by atoms with Gasteiger partial charge in [-0.2, -0.15) is 0 Å². The summed E-state index contributed by atoms with van der Waals surface area (Å²) in [6.07, 6.45) is 1.73. The van der Waals surface area contributed by atoms with Gasteiger partial charge in [-0.1, -0.05) is 36.4 Å². The van der Waals surface area contributed by atoms with Crippen molar-refractivity contribution < 1.29 is 9.53 Å². The van der Waals surface area contributed by atoms with Gasteiger partial charge >= 0.3 is 0 Å². The Kier molecular flexibility index (Phi) is 6.09. The van der Waals surface area contributed by atoms with E-state index >= 15 is 0 Å². The first-order valence-corrected chi connectivity index (χ1v) is 9.21. The average Bonchev–Trinajstić information content (AvgIpc) is 3.08. The zero-order chi connectivity index (χ0) is 18.4. The maximum atomic E-state index is 13.1. The monoisotopic (exact) mass is 367 g/mol. The topological polar surface area (TPSA) is 55.3 Å². The van der Waals surface area contributed by atoms with Crippen molar-refractivity contribution in [2.45, 2.75) is 13.5 Å². The lowest BCUT2D eigenvalue weighted by molar-refractivity contribution is 0.0684. The second-order valence-corrected chi connectivity index (χ2v) is 6.85. The molecular weight excluding hydrogens is 346 g/mol. The molecule has 5 nitrogen and oxygen atoms in total. The summed E-state index contributed by atoms with van der Waals surface area (Å²) < 4.78 is 5.18. The van der Waals surface area contributed by atoms with Gasteiger partial charge in [0.05, 0.1) is 18.0 Å². The van der Waals surface area contributed by atoms with E-state index < -0.39 is 0 Å². The largest absolute Gasteiger partial charge is 0.383 e. The summed E-state index contributed by atoms with van der Waals surface area (Å²) in [4.78, 5) is 24.5. The molecule has 0 radical (unpaired) electrons. The van der Waals surface area contributed by atoms with Crippen LogP contribution in [-0.4, -0.2) is 41.0 Å². The van der Waals surface area contributed by atoms with Crippen LogP contribution < -0.4 is 0 Å². The van der Waals surface area contributed by atoms with Gasteiger partial charge < -0.3 is 9.64 Å². The van der Waals surface area contributed by atoms with Crippen molar-refractivity contribution in [3.63, 3.8) is 0 Å². The van der Waals surface area contributed by atoms with Gasteiger partial charge in [0.25, 0.3) is 5.91 Å². The van der Waals surface area contributed by atoms with Crippen molar-refractivity contribution >= 4 is 17.2 Å². The van der Waals surface area contributed by atoms with Gasteiger partial charge in [0.1, 0.15) is 9.88 Å². The van der Waals surface area contributed by atoms with E-state index in [9.17, 15) is 4.79 Å². The first-order chi connectivity index (χ1) is 12.7. The minimum Gasteiger partial charge on any atom is -0.383 e. The number of ether oxygens (including phenoxy) is 1. The zero-order valence-electron chi connectivity index (χ0n) is 14.9. The molecule has 0 N–H and O–H groups in total. The summed E-state index contributed by atoms with van der Waals surface area (Å²) in [5.41, 5.74) is 2.60. The highest BCUT2D eigenvalue weighted by Crippen LogP contribution is 2.27. The molecule has 0 saturated carbocycles. The van der Waals surface area contributed by atoms with Crippen molar-refractivity contribution in [3.8, 4) is 10.7 Å². The highest BCUT2D eigenvalue weighted by atomic mass is 32.1. The van der Waals surface area contributed by atoms with Gasteiger partial charge in [-0.25, -0.2) is 4.98 Å². The summed E-state index contributed by atoms with van der Waals surface area (Å²) >= 11 is 1.39. The van der Waals surface area contributed by atoms with Crippen LogP contribution in [0.1, 0.15) is 20.9 Å². The van der Waals surface area contributed by atoms with Gasteiger partial charge in [-0.15, -0.1) is 11.3 Å². The number of nitrogens with zero attached hydrogens (tertiary/aromatic N) is 3. The van der Waals surface area contributed by atoms with E-state index in [1.807, 2.05) is 60.4 Å². The molecule has 0 atom stereocenters. The fourth-order valence-corrected chi connectivity index (χ4v) is 3.61. The van der Waals surface area contributed by atoms with Crippen LogP contribution in [0.5, 0.6) is 0 Å². The summed E-state index contributed by atoms with van der Waals surface area (Å²) in [5.74, 6) is -0.0249. The molecule has 0 aliphatic rings. The third-order valence-corrected chi connectivity index (χ3v) is 5.11. The standard InChI is InChI=1S/C20H21N3O2S/c1-15-18(26-19(22-15)17-10-6-7-11-21-17)20(24)23(12-13-25-2)14-16-8-4-3-5-9-16/h3-11H,12-14H2,1-2H3. The maximum absolute atomic E-state index is 13.1. The molecule has 2 aromatic heterocycles. The molecule has 0 aliphatic carbocycles. The average molecular weight is 367 g/mol. The van der Waals surface area contributed by atoms with E-state index in [0.717, 1.165) is 22.0 Å². The third kappa shape index (κ3) is 4.33. The number of thiazole rings is 1. The fraction of sp³-hybridized carbons (Fsp3) is 0.250. The Labute approximate surface area is 157 Å². The highest BCUT2D eigenvalue weighted by molar-refractivity contribution is 7.17. The molecule has 1 amide bonds. The molecular formula is C20H21N3O2S. The number of benzene rings is 1. The number of pyridine rings is 1. The number of hydrogen-bond donors (Lipinski definition) is 0. The lowest BCUT2D eigenvalue weighted by Gasteiger charge is -2.22. The van der Waals surface area contributed by atoms with Crippen molar-refractivity contribution in [2.75, 3.05) is 20.3 Å². The Morgan fingerprint density at radius 1 is 1.15 bits per heavy atom. The van der Waals surface area contributed by atoms with Crippen LogP contribution in [0.3, 0.4) is 0 Å². The quantitative estimate of drug-likeness (QED) is 0.637. The van der Waals surface area contributed by atoms with Crippen molar-refractivity contribution in [1.29, 1.82) is 0 Å². The molecule has 0 spiro atoms. The van der Waals surface area contributed by atoms with Crippen molar-refractivity contribution in [1.82, 2.24) is 14.9 Å². The molecule has 0 saturated heterocycles. The van der Waals surface area contributed by atoms with Crippen molar-refractivity contribution in [2.24, 2.45) is 0 Å². The Morgan fingerprint density at radius 2 is 1.92 bits per heavy atom. The minimum absolute atomic E-state index is 0.0249. The molecule has 0 fully saturated rings. The van der Waals surface area contributed by atoms with Crippen LogP contribution in [0.25, 0.3) is 10.7 Å². The highest BCUT2D eigenvalue weighted by Gasteiger charge is 2.22. The third-order valence-electron chi connectivity index (χ3n) is 3.94. The van der Waals surface area contributed by atoms with Gasteiger partial charge in [0.2, 0.25) is 0 Å². The number of rotatable bonds is 7. The lowest BCUT2D eigenvalue weighted by atomic mass is 10.2.